The zero-order chi connectivity index (χ0) is 25.8. The topological polar surface area (TPSA) is 92.8 Å². The maximum atomic E-state index is 12.8. The highest BCUT2D eigenvalue weighted by Crippen LogP contribution is 2.27. The molecule has 1 saturated heterocycles. The van der Waals surface area contributed by atoms with E-state index < -0.39 is 11.9 Å². The minimum absolute atomic E-state index is 0.0887. The number of esters is 1. The minimum atomic E-state index is -0.635. The van der Waals surface area contributed by atoms with Crippen LogP contribution in [0, 0.1) is 19.8 Å². The number of aryl methyl sites for hydroxylation is 2. The first kappa shape index (κ1) is 25.3. The summed E-state index contributed by atoms with van der Waals surface area (Å²) in [5.74, 6) is -1.77. The Morgan fingerprint density at radius 2 is 1.61 bits per heavy atom. The van der Waals surface area contributed by atoms with Gasteiger partial charge in [-0.1, -0.05) is 34.1 Å². The van der Waals surface area contributed by atoms with Crippen molar-refractivity contribution in [3.8, 4) is 0 Å². The molecule has 0 bridgehead atoms. The molecule has 0 spiro atoms. The summed E-state index contributed by atoms with van der Waals surface area (Å²) in [6, 6.07) is 18.8. The number of carbonyl (C=O) groups is 4. The lowest BCUT2D eigenvalue weighted by atomic mass is 10.1. The van der Waals surface area contributed by atoms with E-state index in [0.29, 0.717) is 17.8 Å². The van der Waals surface area contributed by atoms with Gasteiger partial charge in [0.15, 0.2) is 12.4 Å². The molecular weight excluding hydrogens is 524 g/mol. The lowest BCUT2D eigenvalue weighted by Crippen LogP contribution is -2.28. The average Bonchev–Trinajstić information content (AvgIpc) is 3.26. The van der Waals surface area contributed by atoms with Crippen molar-refractivity contribution in [2.24, 2.45) is 5.92 Å². The molecule has 4 rings (SSSR count). The van der Waals surface area contributed by atoms with Gasteiger partial charge in [-0.2, -0.15) is 0 Å². The Balaban J connectivity index is 1.31. The third-order valence-corrected chi connectivity index (χ3v) is 6.72. The first-order valence-corrected chi connectivity index (χ1v) is 12.2. The van der Waals surface area contributed by atoms with E-state index in [-0.39, 0.29) is 36.2 Å². The van der Waals surface area contributed by atoms with Crippen LogP contribution in [0.25, 0.3) is 0 Å². The second-order valence-electron chi connectivity index (χ2n) is 8.75. The van der Waals surface area contributed by atoms with Crippen molar-refractivity contribution in [3.05, 3.63) is 93.5 Å². The van der Waals surface area contributed by atoms with Gasteiger partial charge in [0.05, 0.1) is 11.5 Å². The van der Waals surface area contributed by atoms with Gasteiger partial charge in [-0.25, -0.2) is 4.79 Å². The number of amides is 2. The molecule has 36 heavy (non-hydrogen) atoms. The fraction of sp³-hybridized carbons (Fsp3) is 0.214. The number of rotatable bonds is 7. The van der Waals surface area contributed by atoms with Gasteiger partial charge in [-0.05, 0) is 73.5 Å². The van der Waals surface area contributed by atoms with E-state index in [1.807, 2.05) is 32.0 Å². The molecule has 0 aliphatic carbocycles. The molecule has 8 heteroatoms. The van der Waals surface area contributed by atoms with Crippen LogP contribution >= 0.6 is 15.9 Å². The Labute approximate surface area is 217 Å². The molecule has 0 aromatic heterocycles. The molecule has 184 valence electrons. The van der Waals surface area contributed by atoms with Gasteiger partial charge >= 0.3 is 5.97 Å². The van der Waals surface area contributed by atoms with Crippen LogP contribution in [0.4, 0.5) is 11.4 Å². The monoisotopic (exact) mass is 548 g/mol. The standard InChI is InChI=1S/C28H25BrN2O5/c1-17-3-12-24(13-18(17)2)31-15-21(14-26(31)33)27(34)30-23-10-6-20(7-11-23)28(35)36-16-25(32)19-4-8-22(29)9-5-19/h3-13,21H,14-16H2,1-2H3,(H,30,34)/t21-/m1/s1. The molecule has 1 aliphatic rings. The quantitative estimate of drug-likeness (QED) is 0.327. The fourth-order valence-corrected chi connectivity index (χ4v) is 4.16. The molecule has 7 nitrogen and oxygen atoms in total. The van der Waals surface area contributed by atoms with E-state index >= 15 is 0 Å². The third-order valence-electron chi connectivity index (χ3n) is 6.19. The van der Waals surface area contributed by atoms with Crippen molar-refractivity contribution in [1.29, 1.82) is 0 Å². The van der Waals surface area contributed by atoms with Crippen LogP contribution in [-0.2, 0) is 14.3 Å². The predicted octanol–water partition coefficient (Wildman–Crippen LogP) is 5.10. The van der Waals surface area contributed by atoms with E-state index in [4.69, 9.17) is 4.74 Å². The molecule has 1 N–H and O–H groups in total. The number of nitrogens with one attached hydrogen (secondary N) is 1. The molecule has 0 saturated carbocycles. The molecule has 0 radical (unpaired) electrons. The van der Waals surface area contributed by atoms with Crippen LogP contribution in [0.2, 0.25) is 0 Å². The minimum Gasteiger partial charge on any atom is -0.454 e. The van der Waals surface area contributed by atoms with Gasteiger partial charge in [0.2, 0.25) is 11.8 Å². The number of benzene rings is 3. The zero-order valence-electron chi connectivity index (χ0n) is 19.9. The molecule has 2 amide bonds. The van der Waals surface area contributed by atoms with E-state index in [9.17, 15) is 19.2 Å². The van der Waals surface area contributed by atoms with E-state index in [2.05, 4.69) is 21.2 Å². The van der Waals surface area contributed by atoms with E-state index in [0.717, 1.165) is 21.3 Å². The van der Waals surface area contributed by atoms with E-state index in [1.165, 1.54) is 12.1 Å². The number of carbonyl (C=O) groups excluding carboxylic acids is 4. The molecule has 3 aromatic carbocycles. The summed E-state index contributed by atoms with van der Waals surface area (Å²) < 4.78 is 5.98. The van der Waals surface area contributed by atoms with Gasteiger partial charge in [-0.3, -0.25) is 14.4 Å². The number of hydrogen-bond donors (Lipinski definition) is 1. The fourth-order valence-electron chi connectivity index (χ4n) is 3.89. The van der Waals surface area contributed by atoms with Crippen LogP contribution in [0.3, 0.4) is 0 Å². The largest absolute Gasteiger partial charge is 0.454 e. The molecule has 1 heterocycles. The lowest BCUT2D eigenvalue weighted by Gasteiger charge is -2.18. The Hall–Kier alpha value is -3.78. The summed E-state index contributed by atoms with van der Waals surface area (Å²) in [6.45, 7) is 3.94. The van der Waals surface area contributed by atoms with Crippen LogP contribution in [0.15, 0.2) is 71.2 Å². The smallest absolute Gasteiger partial charge is 0.338 e. The molecule has 1 atom stereocenters. The number of anilines is 2. The summed E-state index contributed by atoms with van der Waals surface area (Å²) in [7, 11) is 0. The molecule has 0 unspecified atom stereocenters. The summed E-state index contributed by atoms with van der Waals surface area (Å²) in [4.78, 5) is 51.5. The van der Waals surface area contributed by atoms with Crippen molar-refractivity contribution >= 4 is 50.9 Å². The van der Waals surface area contributed by atoms with Crippen molar-refractivity contribution in [3.63, 3.8) is 0 Å². The van der Waals surface area contributed by atoms with E-state index in [1.54, 1.807) is 41.3 Å². The van der Waals surface area contributed by atoms with Crippen molar-refractivity contribution < 1.29 is 23.9 Å². The normalized spacial score (nSPS) is 15.0. The predicted molar refractivity (Wildman–Crippen MR) is 140 cm³/mol. The van der Waals surface area contributed by atoms with Crippen LogP contribution in [-0.4, -0.2) is 36.7 Å². The molecule has 3 aromatic rings. The number of Topliss-reactive ketones (excluding diaryl/α,β-unsaturated/α-hetero) is 1. The van der Waals surface area contributed by atoms with Gasteiger partial charge in [0, 0.05) is 34.4 Å². The SMILES string of the molecule is Cc1ccc(N2C[C@H](C(=O)Nc3ccc(C(=O)OCC(=O)c4ccc(Br)cc4)cc3)CC2=O)cc1C. The van der Waals surface area contributed by atoms with Crippen LogP contribution in [0.1, 0.15) is 38.3 Å². The first-order valence-electron chi connectivity index (χ1n) is 11.5. The van der Waals surface area contributed by atoms with Gasteiger partial charge in [-0.15, -0.1) is 0 Å². The van der Waals surface area contributed by atoms with Crippen LogP contribution in [0.5, 0.6) is 0 Å². The average molecular weight is 549 g/mol. The number of hydrogen-bond acceptors (Lipinski definition) is 5. The Morgan fingerprint density at radius 1 is 0.944 bits per heavy atom. The Morgan fingerprint density at radius 3 is 2.28 bits per heavy atom. The zero-order valence-corrected chi connectivity index (χ0v) is 21.5. The number of ketones is 1. The maximum absolute atomic E-state index is 12.8. The summed E-state index contributed by atoms with van der Waals surface area (Å²) in [6.07, 6.45) is 0.134. The Bertz CT molecular complexity index is 1320. The second-order valence-corrected chi connectivity index (χ2v) is 9.66. The molecule has 1 aliphatic heterocycles. The van der Waals surface area contributed by atoms with Crippen molar-refractivity contribution in [1.82, 2.24) is 0 Å². The highest BCUT2D eigenvalue weighted by Gasteiger charge is 2.35. The Kier molecular flexibility index (Phi) is 7.64. The summed E-state index contributed by atoms with van der Waals surface area (Å²) in [5, 5.41) is 2.81. The van der Waals surface area contributed by atoms with Gasteiger partial charge < -0.3 is 15.0 Å². The second kappa shape index (κ2) is 10.9. The van der Waals surface area contributed by atoms with Crippen LogP contribution < -0.4 is 10.2 Å². The first-order chi connectivity index (χ1) is 17.2. The third kappa shape index (κ3) is 5.88. The molecular formula is C28H25BrN2O5. The number of halogens is 1. The van der Waals surface area contributed by atoms with Gasteiger partial charge in [0.25, 0.3) is 0 Å². The maximum Gasteiger partial charge on any atom is 0.338 e. The number of nitrogens with zero attached hydrogens (tertiary/aromatic N) is 1. The van der Waals surface area contributed by atoms with Crippen molar-refractivity contribution in [2.75, 3.05) is 23.4 Å². The number of ether oxygens (including phenoxy) is 1. The van der Waals surface area contributed by atoms with Gasteiger partial charge in [0.1, 0.15) is 0 Å². The highest BCUT2D eigenvalue weighted by molar-refractivity contribution is 9.10. The lowest BCUT2D eigenvalue weighted by molar-refractivity contribution is -0.122. The highest BCUT2D eigenvalue weighted by atomic mass is 79.9. The summed E-state index contributed by atoms with van der Waals surface area (Å²) >= 11 is 3.31. The molecule has 1 fully saturated rings. The summed E-state index contributed by atoms with van der Waals surface area (Å²) in [5.41, 5.74) is 4.23. The van der Waals surface area contributed by atoms with Crippen molar-refractivity contribution in [2.45, 2.75) is 20.3 Å².